The van der Waals surface area contributed by atoms with Gasteiger partial charge in [0, 0.05) is 34.9 Å². The maximum Gasteiger partial charge on any atom is 0.134 e. The molecular formula is C14H16ClN3OS. The molecule has 1 N–H and O–H groups in total. The number of nitrogens with zero attached hydrogens (tertiary/aromatic N) is 2. The van der Waals surface area contributed by atoms with E-state index in [0.717, 1.165) is 5.56 Å². The second-order valence-electron chi connectivity index (χ2n) is 4.32. The zero-order valence-corrected chi connectivity index (χ0v) is 12.7. The van der Waals surface area contributed by atoms with Gasteiger partial charge in [0.15, 0.2) is 0 Å². The molecule has 2 rings (SSSR count). The molecule has 0 saturated heterocycles. The molecule has 0 aliphatic heterocycles. The van der Waals surface area contributed by atoms with Crippen molar-refractivity contribution in [1.29, 1.82) is 0 Å². The number of rotatable bonds is 6. The van der Waals surface area contributed by atoms with Gasteiger partial charge in [-0.15, -0.1) is 0 Å². The van der Waals surface area contributed by atoms with Gasteiger partial charge in [-0.05, 0) is 12.5 Å². The van der Waals surface area contributed by atoms with Crippen molar-refractivity contribution in [1.82, 2.24) is 9.97 Å². The Morgan fingerprint density at radius 2 is 2.00 bits per heavy atom. The number of benzene rings is 1. The summed E-state index contributed by atoms with van der Waals surface area (Å²) in [7, 11) is -0.894. The molecular weight excluding hydrogens is 294 g/mol. The quantitative estimate of drug-likeness (QED) is 0.834. The van der Waals surface area contributed by atoms with E-state index in [2.05, 4.69) is 15.3 Å². The molecule has 106 valence electrons. The molecule has 1 aromatic carbocycles. The van der Waals surface area contributed by atoms with Crippen LogP contribution in [0.1, 0.15) is 11.4 Å². The van der Waals surface area contributed by atoms with Crippen molar-refractivity contribution in [2.45, 2.75) is 12.7 Å². The molecule has 0 radical (unpaired) electrons. The molecule has 0 bridgehead atoms. The molecule has 0 aliphatic carbocycles. The van der Waals surface area contributed by atoms with Gasteiger partial charge in [-0.2, -0.15) is 0 Å². The third-order valence-electron chi connectivity index (χ3n) is 2.61. The highest BCUT2D eigenvalue weighted by molar-refractivity contribution is 7.84. The first kappa shape index (κ1) is 14.9. The first-order valence-corrected chi connectivity index (χ1v) is 8.14. The maximum atomic E-state index is 11.9. The van der Waals surface area contributed by atoms with Crippen LogP contribution >= 0.6 is 11.6 Å². The average Bonchev–Trinajstić information content (AvgIpc) is 2.38. The Balaban J connectivity index is 1.79. The van der Waals surface area contributed by atoms with Crippen LogP contribution in [0.2, 0.25) is 5.15 Å². The van der Waals surface area contributed by atoms with Crippen molar-refractivity contribution < 1.29 is 4.21 Å². The van der Waals surface area contributed by atoms with E-state index in [9.17, 15) is 4.21 Å². The van der Waals surface area contributed by atoms with Crippen LogP contribution in [0.25, 0.3) is 0 Å². The highest BCUT2D eigenvalue weighted by Crippen LogP contribution is 2.10. The van der Waals surface area contributed by atoms with Crippen LogP contribution in [0.5, 0.6) is 0 Å². The summed E-state index contributed by atoms with van der Waals surface area (Å²) < 4.78 is 11.9. The summed E-state index contributed by atoms with van der Waals surface area (Å²) in [6.07, 6.45) is 0. The Morgan fingerprint density at radius 1 is 1.25 bits per heavy atom. The van der Waals surface area contributed by atoms with Gasteiger partial charge < -0.3 is 5.32 Å². The summed E-state index contributed by atoms with van der Waals surface area (Å²) in [6.45, 7) is 2.37. The third-order valence-corrected chi connectivity index (χ3v) is 4.12. The first-order chi connectivity index (χ1) is 9.63. The van der Waals surface area contributed by atoms with Crippen molar-refractivity contribution in [2.75, 3.05) is 17.6 Å². The van der Waals surface area contributed by atoms with Crippen LogP contribution in [0.15, 0.2) is 36.4 Å². The molecule has 2 aromatic rings. The summed E-state index contributed by atoms with van der Waals surface area (Å²) in [6, 6.07) is 11.5. The van der Waals surface area contributed by atoms with E-state index >= 15 is 0 Å². The summed E-state index contributed by atoms with van der Waals surface area (Å²) in [4.78, 5) is 8.20. The van der Waals surface area contributed by atoms with E-state index < -0.39 is 10.8 Å². The number of aryl methyl sites for hydroxylation is 1. The van der Waals surface area contributed by atoms with Crippen molar-refractivity contribution >= 4 is 28.2 Å². The van der Waals surface area contributed by atoms with Gasteiger partial charge >= 0.3 is 0 Å². The lowest BCUT2D eigenvalue weighted by Gasteiger charge is -2.06. The fourth-order valence-electron chi connectivity index (χ4n) is 1.75. The molecule has 0 amide bonds. The van der Waals surface area contributed by atoms with Crippen molar-refractivity contribution in [3.05, 3.63) is 52.9 Å². The van der Waals surface area contributed by atoms with E-state index in [1.807, 2.05) is 30.3 Å². The highest BCUT2D eigenvalue weighted by atomic mass is 35.5. The molecule has 0 saturated carbocycles. The van der Waals surface area contributed by atoms with E-state index in [-0.39, 0.29) is 0 Å². The van der Waals surface area contributed by atoms with Crippen LogP contribution in [-0.4, -0.2) is 26.5 Å². The van der Waals surface area contributed by atoms with E-state index in [1.54, 1.807) is 13.0 Å². The fourth-order valence-corrected chi connectivity index (χ4v) is 3.01. The summed E-state index contributed by atoms with van der Waals surface area (Å²) in [5.41, 5.74) is 1.09. The second kappa shape index (κ2) is 7.36. The molecule has 1 aromatic heterocycles. The Hall–Kier alpha value is -1.46. The molecule has 0 spiro atoms. The fraction of sp³-hybridized carbons (Fsp3) is 0.286. The number of nitrogens with one attached hydrogen (secondary N) is 1. The molecule has 1 heterocycles. The summed E-state index contributed by atoms with van der Waals surface area (Å²) in [5.74, 6) is 2.42. The standard InChI is InChI=1S/C14H16ClN3OS/c1-11-17-13(15)9-14(18-11)16-7-8-20(19)10-12-5-3-2-4-6-12/h2-6,9H,7-8,10H2,1H3,(H,16,17,18)/t20-/m1/s1. The number of hydrogen-bond donors (Lipinski definition) is 1. The molecule has 0 fully saturated rings. The Morgan fingerprint density at radius 3 is 2.70 bits per heavy atom. The number of hydrogen-bond acceptors (Lipinski definition) is 4. The molecule has 4 nitrogen and oxygen atoms in total. The predicted molar refractivity (Wildman–Crippen MR) is 83.4 cm³/mol. The van der Waals surface area contributed by atoms with Gasteiger partial charge in [-0.25, -0.2) is 9.97 Å². The topological polar surface area (TPSA) is 54.9 Å². The van der Waals surface area contributed by atoms with Crippen LogP contribution < -0.4 is 5.32 Å². The number of anilines is 1. The van der Waals surface area contributed by atoms with E-state index in [4.69, 9.17) is 11.6 Å². The molecule has 1 atom stereocenters. The smallest absolute Gasteiger partial charge is 0.134 e. The normalized spacial score (nSPS) is 12.1. The number of halogens is 1. The minimum Gasteiger partial charge on any atom is -0.369 e. The SMILES string of the molecule is Cc1nc(Cl)cc(NCC[S@@](=O)Cc2ccccc2)n1. The van der Waals surface area contributed by atoms with Crippen molar-refractivity contribution in [3.63, 3.8) is 0 Å². The van der Waals surface area contributed by atoms with E-state index in [1.165, 1.54) is 0 Å². The largest absolute Gasteiger partial charge is 0.369 e. The van der Waals surface area contributed by atoms with Crippen LogP contribution in [0.4, 0.5) is 5.82 Å². The van der Waals surface area contributed by atoms with Gasteiger partial charge in [0.05, 0.1) is 0 Å². The van der Waals surface area contributed by atoms with Crippen LogP contribution in [-0.2, 0) is 16.6 Å². The predicted octanol–water partition coefficient (Wildman–Crippen LogP) is 2.80. The second-order valence-corrected chi connectivity index (χ2v) is 6.29. The Labute approximate surface area is 126 Å². The van der Waals surface area contributed by atoms with Gasteiger partial charge in [0.1, 0.15) is 16.8 Å². The Bertz CT molecular complexity index is 572. The van der Waals surface area contributed by atoms with Crippen molar-refractivity contribution in [3.8, 4) is 0 Å². The third kappa shape index (κ3) is 4.90. The lowest BCUT2D eigenvalue weighted by Crippen LogP contribution is -2.13. The molecule has 0 aliphatic rings. The lowest BCUT2D eigenvalue weighted by atomic mass is 10.2. The number of aromatic nitrogens is 2. The molecule has 0 unspecified atom stereocenters. The highest BCUT2D eigenvalue weighted by Gasteiger charge is 2.03. The lowest BCUT2D eigenvalue weighted by molar-refractivity contribution is 0.682. The van der Waals surface area contributed by atoms with Crippen LogP contribution in [0, 0.1) is 6.92 Å². The molecule has 20 heavy (non-hydrogen) atoms. The maximum absolute atomic E-state index is 11.9. The first-order valence-electron chi connectivity index (χ1n) is 6.27. The monoisotopic (exact) mass is 309 g/mol. The average molecular weight is 310 g/mol. The van der Waals surface area contributed by atoms with Gasteiger partial charge in [0.25, 0.3) is 0 Å². The zero-order chi connectivity index (χ0) is 14.4. The van der Waals surface area contributed by atoms with Crippen LogP contribution in [0.3, 0.4) is 0 Å². The minimum absolute atomic E-state index is 0.408. The summed E-state index contributed by atoms with van der Waals surface area (Å²) >= 11 is 5.85. The van der Waals surface area contributed by atoms with Gasteiger partial charge in [-0.1, -0.05) is 41.9 Å². The van der Waals surface area contributed by atoms with E-state index in [0.29, 0.717) is 34.8 Å². The van der Waals surface area contributed by atoms with Gasteiger partial charge in [0.2, 0.25) is 0 Å². The summed E-state index contributed by atoms with van der Waals surface area (Å²) in [5, 5.41) is 3.52. The minimum atomic E-state index is -0.894. The zero-order valence-electron chi connectivity index (χ0n) is 11.2. The van der Waals surface area contributed by atoms with Gasteiger partial charge in [-0.3, -0.25) is 4.21 Å². The van der Waals surface area contributed by atoms with Crippen molar-refractivity contribution in [2.24, 2.45) is 0 Å². The molecule has 6 heteroatoms. The Kier molecular flexibility index (Phi) is 5.49.